The van der Waals surface area contributed by atoms with Crippen molar-refractivity contribution < 1.29 is 0 Å². The minimum absolute atomic E-state index is 0.186. The number of fused-ring (bicyclic) bond motifs is 4. The predicted molar refractivity (Wildman–Crippen MR) is 250 cm³/mol. The number of benzene rings is 8. The summed E-state index contributed by atoms with van der Waals surface area (Å²) in [5.74, 6) is 0.243. The molecule has 0 spiro atoms. The number of hydrogen-bond donors (Lipinski definition) is 0. The van der Waals surface area contributed by atoms with Crippen LogP contribution in [0.5, 0.6) is 0 Å². The molecule has 0 fully saturated rings. The second-order valence-corrected chi connectivity index (χ2v) is 14.7. The lowest BCUT2D eigenvalue weighted by Crippen LogP contribution is -2.55. The van der Waals surface area contributed by atoms with Gasteiger partial charge in [0.2, 0.25) is 0 Å². The largest absolute Gasteiger partial charge is 0.297 e. The molecule has 2 nitrogen and oxygen atoms in total. The second-order valence-electron chi connectivity index (χ2n) is 14.7. The molecule has 0 N–H and O–H groups in total. The summed E-state index contributed by atoms with van der Waals surface area (Å²) >= 11 is 0. The van der Waals surface area contributed by atoms with Gasteiger partial charge in [0.25, 0.3) is 0 Å². The maximum Gasteiger partial charge on any atom is 0.113 e. The molecule has 9 aromatic rings. The normalized spacial score (nSPS) is 12.2. The van der Waals surface area contributed by atoms with Crippen LogP contribution < -0.4 is 27.3 Å². The minimum atomic E-state index is -1.95. The topological polar surface area (TPSA) is 17.8 Å². The van der Waals surface area contributed by atoms with Gasteiger partial charge in [0.1, 0.15) is 45.1 Å². The third-order valence-electron chi connectivity index (χ3n) is 11.1. The monoisotopic (exact) mass is 700 g/mol. The Morgan fingerprint density at radius 2 is 0.860 bits per heavy atom. The summed E-state index contributed by atoms with van der Waals surface area (Å²) in [5, 5.41) is 2.67. The van der Waals surface area contributed by atoms with Crippen molar-refractivity contribution >= 4 is 149 Å². The molecule has 0 aliphatic carbocycles. The summed E-state index contributed by atoms with van der Waals surface area (Å²) in [5.41, 5.74) is 9.15. The van der Waals surface area contributed by atoms with Crippen LogP contribution in [0.1, 0.15) is 5.82 Å². The van der Waals surface area contributed by atoms with Crippen LogP contribution in [-0.4, -0.2) is 88.0 Å². The Bertz CT molecular complexity index is 3010. The molecule has 57 heavy (non-hydrogen) atoms. The van der Waals surface area contributed by atoms with E-state index >= 15 is 0 Å². The predicted octanol–water partition coefficient (Wildman–Crippen LogP) is 3.52. The number of para-hydroxylation sites is 2. The van der Waals surface area contributed by atoms with Gasteiger partial charge in [0.05, 0.1) is 50.3 Å². The van der Waals surface area contributed by atoms with Gasteiger partial charge in [-0.25, -0.2) is 4.98 Å². The van der Waals surface area contributed by atoms with Crippen LogP contribution in [0.2, 0.25) is 5.11 Å². The SMILES string of the molecule is [B]c1c([B])c([B])c(-c2ccc(-c3c4ccccc4c(-c4ccc5cc(-n6c(C([B])([B])C([B])([B])[B])nc7ccccc76)ccc5c4)c4ccccc34)cc2)c([B])c1[B]. The molecular formula is C45H22B10N2. The number of imidazole rings is 1. The number of rotatable bonds is 6. The van der Waals surface area contributed by atoms with Crippen LogP contribution in [0, 0.1) is 0 Å². The molecule has 12 heteroatoms. The van der Waals surface area contributed by atoms with E-state index in [4.69, 9.17) is 83.4 Å². The standard InChI is InChI=1S/C45H22B10N2/c46-38-37(39(47)41(49)42(50)40(38)48)24-15-13-23(14-16-24)35-29-7-1-3-9-31(29)36(32-10-4-2-8-30(32)35)27-18-17-26-22-28(20-19-25(26)21-27)57-34-12-6-5-11-33(34)56-43(57)44(51,52)45(53,54)55/h1-22H. The number of hydrogen-bond acceptors (Lipinski definition) is 1. The van der Waals surface area contributed by atoms with Gasteiger partial charge < -0.3 is 0 Å². The van der Waals surface area contributed by atoms with Crippen molar-refractivity contribution in [2.24, 2.45) is 0 Å². The van der Waals surface area contributed by atoms with E-state index in [1.807, 2.05) is 47.0 Å². The zero-order valence-corrected chi connectivity index (χ0v) is 30.9. The molecule has 0 saturated heterocycles. The van der Waals surface area contributed by atoms with Crippen LogP contribution in [0.25, 0.3) is 82.4 Å². The highest BCUT2D eigenvalue weighted by atomic mass is 15.1. The lowest BCUT2D eigenvalue weighted by Gasteiger charge is -2.41. The van der Waals surface area contributed by atoms with Crippen LogP contribution in [0.15, 0.2) is 133 Å². The van der Waals surface area contributed by atoms with Gasteiger partial charge in [-0.05, 0) is 96.0 Å². The summed E-state index contributed by atoms with van der Waals surface area (Å²) in [6.45, 7) is 0. The van der Waals surface area contributed by atoms with Crippen LogP contribution >= 0.6 is 0 Å². The average molecular weight is 699 g/mol. The van der Waals surface area contributed by atoms with E-state index in [0.717, 1.165) is 71.3 Å². The Hall–Kier alpha value is -5.34. The summed E-state index contributed by atoms with van der Waals surface area (Å²) in [6.07, 6.45) is 0. The molecule has 0 aliphatic rings. The third-order valence-corrected chi connectivity index (χ3v) is 11.1. The molecule has 20 radical (unpaired) electrons. The Balaban J connectivity index is 1.18. The fraction of sp³-hybridized carbons (Fsp3) is 0.0444. The van der Waals surface area contributed by atoms with Gasteiger partial charge in [0.15, 0.2) is 0 Å². The van der Waals surface area contributed by atoms with Crippen molar-refractivity contribution in [2.75, 3.05) is 0 Å². The highest BCUT2D eigenvalue weighted by Gasteiger charge is 2.36. The van der Waals surface area contributed by atoms with E-state index in [1.54, 1.807) is 0 Å². The van der Waals surface area contributed by atoms with E-state index in [1.165, 1.54) is 0 Å². The molecule has 9 rings (SSSR count). The van der Waals surface area contributed by atoms with Crippen molar-refractivity contribution in [2.45, 2.75) is 10.3 Å². The van der Waals surface area contributed by atoms with Crippen LogP contribution in [-0.2, 0) is 5.21 Å². The maximum absolute atomic E-state index is 6.51. The van der Waals surface area contributed by atoms with E-state index < -0.39 is 10.3 Å². The minimum Gasteiger partial charge on any atom is -0.297 e. The number of aromatic nitrogens is 2. The summed E-state index contributed by atoms with van der Waals surface area (Å²) in [7, 11) is 62.5. The van der Waals surface area contributed by atoms with E-state index in [9.17, 15) is 0 Å². The number of nitrogens with zero attached hydrogens (tertiary/aromatic N) is 2. The van der Waals surface area contributed by atoms with Crippen molar-refractivity contribution in [3.8, 4) is 39.1 Å². The Morgan fingerprint density at radius 1 is 0.421 bits per heavy atom. The first-order valence-corrected chi connectivity index (χ1v) is 18.3. The third kappa shape index (κ3) is 5.89. The van der Waals surface area contributed by atoms with Crippen molar-refractivity contribution in [3.63, 3.8) is 0 Å². The molecule has 0 aliphatic heterocycles. The van der Waals surface area contributed by atoms with Crippen molar-refractivity contribution in [3.05, 3.63) is 139 Å². The van der Waals surface area contributed by atoms with Gasteiger partial charge in [-0.1, -0.05) is 119 Å². The summed E-state index contributed by atoms with van der Waals surface area (Å²) < 4.78 is 1.86. The van der Waals surface area contributed by atoms with E-state index in [2.05, 4.69) is 91.0 Å². The first kappa shape index (κ1) is 37.2. The molecule has 0 amide bonds. The molecule has 1 aromatic heterocycles. The first-order valence-electron chi connectivity index (χ1n) is 18.3. The molecule has 0 saturated carbocycles. The highest BCUT2D eigenvalue weighted by molar-refractivity contribution is 6.69. The first-order chi connectivity index (χ1) is 27.3. The fourth-order valence-corrected chi connectivity index (χ4v) is 8.00. The quantitative estimate of drug-likeness (QED) is 0.192. The van der Waals surface area contributed by atoms with Crippen molar-refractivity contribution in [1.82, 2.24) is 9.55 Å². The highest BCUT2D eigenvalue weighted by Crippen LogP contribution is 2.45. The van der Waals surface area contributed by atoms with Gasteiger partial charge in [-0.3, -0.25) is 4.57 Å². The molecule has 1 heterocycles. The van der Waals surface area contributed by atoms with Gasteiger partial charge in [-0.2, -0.15) is 0 Å². The smallest absolute Gasteiger partial charge is 0.113 e. The molecule has 0 unspecified atom stereocenters. The Morgan fingerprint density at radius 3 is 1.42 bits per heavy atom. The zero-order valence-electron chi connectivity index (χ0n) is 30.9. The van der Waals surface area contributed by atoms with Gasteiger partial charge in [-0.15, -0.1) is 21.5 Å². The summed E-state index contributed by atoms with van der Waals surface area (Å²) in [6, 6.07) is 45.3. The second kappa shape index (κ2) is 13.7. The van der Waals surface area contributed by atoms with E-state index in [-0.39, 0.29) is 22.2 Å². The lowest BCUT2D eigenvalue weighted by atomic mass is 9.23. The molecule has 8 aromatic carbocycles. The molecular weight excluding hydrogens is 677 g/mol. The molecule has 0 atom stereocenters. The zero-order chi connectivity index (χ0) is 40.0. The fourth-order valence-electron chi connectivity index (χ4n) is 8.00. The average Bonchev–Trinajstić information content (AvgIpc) is 3.61. The molecule has 242 valence electrons. The summed E-state index contributed by atoms with van der Waals surface area (Å²) in [4.78, 5) is 4.73. The van der Waals surface area contributed by atoms with Gasteiger partial charge >= 0.3 is 0 Å². The molecule has 0 bridgehead atoms. The maximum atomic E-state index is 6.51. The van der Waals surface area contributed by atoms with Crippen LogP contribution in [0.3, 0.4) is 0 Å². The van der Waals surface area contributed by atoms with E-state index in [0.29, 0.717) is 22.0 Å². The van der Waals surface area contributed by atoms with Crippen LogP contribution in [0.4, 0.5) is 0 Å². The Labute approximate surface area is 345 Å². The Kier molecular flexibility index (Phi) is 8.92. The lowest BCUT2D eigenvalue weighted by molar-refractivity contribution is 0.757. The van der Waals surface area contributed by atoms with Gasteiger partial charge in [0, 0.05) is 5.69 Å². The van der Waals surface area contributed by atoms with Crippen molar-refractivity contribution in [1.29, 1.82) is 0 Å².